The third kappa shape index (κ3) is 2.79. The lowest BCUT2D eigenvalue weighted by Gasteiger charge is -2.26. The van der Waals surface area contributed by atoms with E-state index < -0.39 is 0 Å². The first-order valence-corrected chi connectivity index (χ1v) is 10.1. The lowest BCUT2D eigenvalue weighted by Crippen LogP contribution is -2.36. The molecule has 1 unspecified atom stereocenters. The minimum absolute atomic E-state index is 0.0691. The van der Waals surface area contributed by atoms with Gasteiger partial charge in [0.05, 0.1) is 6.04 Å². The van der Waals surface area contributed by atoms with Crippen LogP contribution in [0.25, 0.3) is 0 Å². The monoisotopic (exact) mass is 385 g/mol. The van der Waals surface area contributed by atoms with Crippen molar-refractivity contribution in [3.63, 3.8) is 0 Å². The molecule has 1 aromatic heterocycles. The van der Waals surface area contributed by atoms with Crippen LogP contribution in [-0.2, 0) is 6.54 Å². The van der Waals surface area contributed by atoms with Crippen LogP contribution in [0.5, 0.6) is 11.5 Å². The number of rotatable bonds is 2. The van der Waals surface area contributed by atoms with E-state index in [-0.39, 0.29) is 23.1 Å². The van der Waals surface area contributed by atoms with E-state index in [4.69, 9.17) is 9.47 Å². The Morgan fingerprint density at radius 2 is 2.04 bits per heavy atom. The second kappa shape index (κ2) is 6.60. The number of nitrogens with zero attached hydrogens (tertiary/aromatic N) is 3. The van der Waals surface area contributed by atoms with E-state index in [9.17, 15) is 9.59 Å². The van der Waals surface area contributed by atoms with Gasteiger partial charge in [-0.05, 0) is 30.5 Å². The molecule has 8 heteroatoms. The number of ether oxygens (including phenoxy) is 2. The zero-order chi connectivity index (χ0) is 18.4. The molecule has 3 aliphatic heterocycles. The Morgan fingerprint density at radius 3 is 2.93 bits per heavy atom. The summed E-state index contributed by atoms with van der Waals surface area (Å²) in [6, 6.07) is 5.76. The van der Waals surface area contributed by atoms with Crippen molar-refractivity contribution in [2.75, 3.05) is 25.5 Å². The number of carbonyl (C=O) groups excluding carboxylic acids is 1. The largest absolute Gasteiger partial charge is 0.486 e. The number of fused-ring (bicyclic) bond motifs is 2. The van der Waals surface area contributed by atoms with E-state index in [1.165, 1.54) is 6.20 Å². The summed E-state index contributed by atoms with van der Waals surface area (Å²) in [4.78, 5) is 32.0. The standard InChI is InChI=1S/C19H19N3O4S/c23-17(13-11-20-19-22(18(13)24)6-9-27-19)21-5-1-2-14(21)12-3-4-15-16(10-12)26-8-7-25-15/h3-4,10-11,14H,1-2,5-9H2. The van der Waals surface area contributed by atoms with E-state index in [2.05, 4.69) is 4.98 Å². The van der Waals surface area contributed by atoms with Gasteiger partial charge in [0, 0.05) is 25.0 Å². The van der Waals surface area contributed by atoms with E-state index in [0.717, 1.165) is 29.9 Å². The number of aromatic nitrogens is 2. The topological polar surface area (TPSA) is 73.7 Å². The molecule has 0 bridgehead atoms. The molecule has 3 aliphatic rings. The quantitative estimate of drug-likeness (QED) is 0.737. The number of amides is 1. The number of thioether (sulfide) groups is 1. The van der Waals surface area contributed by atoms with E-state index >= 15 is 0 Å². The highest BCUT2D eigenvalue weighted by Gasteiger charge is 2.33. The summed E-state index contributed by atoms with van der Waals surface area (Å²) in [5, 5.41) is 0.696. The normalized spacial score (nSPS) is 20.6. The van der Waals surface area contributed by atoms with Crippen molar-refractivity contribution >= 4 is 17.7 Å². The molecule has 0 saturated carbocycles. The molecule has 7 nitrogen and oxygen atoms in total. The van der Waals surface area contributed by atoms with Gasteiger partial charge in [-0.1, -0.05) is 17.8 Å². The summed E-state index contributed by atoms with van der Waals surface area (Å²) in [5.74, 6) is 2.04. The lowest BCUT2D eigenvalue weighted by molar-refractivity contribution is 0.0731. The van der Waals surface area contributed by atoms with Crippen molar-refractivity contribution in [2.24, 2.45) is 0 Å². The predicted molar refractivity (Wildman–Crippen MR) is 99.7 cm³/mol. The third-order valence-electron chi connectivity index (χ3n) is 5.25. The summed E-state index contributed by atoms with van der Waals surface area (Å²) in [7, 11) is 0. The SMILES string of the molecule is O=C(c1cnc2n(c1=O)CCS2)N1CCCC1c1ccc2c(c1)OCCO2. The molecular weight excluding hydrogens is 366 g/mol. The van der Waals surface area contributed by atoms with Crippen LogP contribution in [-0.4, -0.2) is 45.9 Å². The van der Waals surface area contributed by atoms with Gasteiger partial charge in [0.15, 0.2) is 16.7 Å². The fourth-order valence-electron chi connectivity index (χ4n) is 3.94. The Morgan fingerprint density at radius 1 is 1.19 bits per heavy atom. The summed E-state index contributed by atoms with van der Waals surface area (Å²) < 4.78 is 12.9. The lowest BCUT2D eigenvalue weighted by atomic mass is 10.0. The summed E-state index contributed by atoms with van der Waals surface area (Å²) in [6.45, 7) is 2.32. The first-order chi connectivity index (χ1) is 13.2. The van der Waals surface area contributed by atoms with Gasteiger partial charge in [0.25, 0.3) is 11.5 Å². The molecule has 140 valence electrons. The molecule has 1 fully saturated rings. The van der Waals surface area contributed by atoms with Gasteiger partial charge >= 0.3 is 0 Å². The fourth-order valence-corrected chi connectivity index (χ4v) is 4.86. The molecule has 5 rings (SSSR count). The highest BCUT2D eigenvalue weighted by atomic mass is 32.2. The molecular formula is C19H19N3O4S. The number of benzene rings is 1. The van der Waals surface area contributed by atoms with Crippen molar-refractivity contribution < 1.29 is 14.3 Å². The maximum Gasteiger partial charge on any atom is 0.267 e. The summed E-state index contributed by atoms with van der Waals surface area (Å²) >= 11 is 1.55. The molecule has 1 saturated heterocycles. The molecule has 0 spiro atoms. The highest BCUT2D eigenvalue weighted by molar-refractivity contribution is 7.99. The van der Waals surface area contributed by atoms with Gasteiger partial charge in [-0.2, -0.15) is 0 Å². The molecule has 0 radical (unpaired) electrons. The number of hydrogen-bond donors (Lipinski definition) is 0. The first kappa shape index (κ1) is 16.7. The average molecular weight is 385 g/mol. The zero-order valence-corrected chi connectivity index (χ0v) is 15.5. The number of hydrogen-bond acceptors (Lipinski definition) is 6. The molecule has 1 atom stereocenters. The molecule has 27 heavy (non-hydrogen) atoms. The Hall–Kier alpha value is -2.48. The van der Waals surface area contributed by atoms with Crippen LogP contribution in [0.3, 0.4) is 0 Å². The second-order valence-electron chi connectivity index (χ2n) is 6.82. The summed E-state index contributed by atoms with van der Waals surface area (Å²) in [5.41, 5.74) is 0.934. The van der Waals surface area contributed by atoms with Crippen molar-refractivity contribution in [1.29, 1.82) is 0 Å². The van der Waals surface area contributed by atoms with Crippen LogP contribution >= 0.6 is 11.8 Å². The van der Waals surface area contributed by atoms with Crippen LogP contribution in [0.2, 0.25) is 0 Å². The van der Waals surface area contributed by atoms with Crippen LogP contribution < -0.4 is 15.0 Å². The Labute approximate surface area is 160 Å². The Balaban J connectivity index is 1.46. The molecule has 0 aliphatic carbocycles. The van der Waals surface area contributed by atoms with Gasteiger partial charge in [-0.3, -0.25) is 14.2 Å². The molecule has 4 heterocycles. The van der Waals surface area contributed by atoms with Gasteiger partial charge in [0.1, 0.15) is 18.8 Å². The van der Waals surface area contributed by atoms with Gasteiger partial charge < -0.3 is 14.4 Å². The highest BCUT2D eigenvalue weighted by Crippen LogP contribution is 2.38. The third-order valence-corrected chi connectivity index (χ3v) is 6.22. The number of carbonyl (C=O) groups is 1. The smallest absolute Gasteiger partial charge is 0.267 e. The fraction of sp³-hybridized carbons (Fsp3) is 0.421. The zero-order valence-electron chi connectivity index (χ0n) is 14.7. The van der Waals surface area contributed by atoms with Crippen molar-refractivity contribution in [1.82, 2.24) is 14.5 Å². The first-order valence-electron chi connectivity index (χ1n) is 9.15. The second-order valence-corrected chi connectivity index (χ2v) is 7.88. The predicted octanol–water partition coefficient (Wildman–Crippen LogP) is 2.10. The van der Waals surface area contributed by atoms with Gasteiger partial charge in [0.2, 0.25) is 0 Å². The Kier molecular flexibility index (Phi) is 4.07. The number of likely N-dealkylation sites (tertiary alicyclic amines) is 1. The molecule has 2 aromatic rings. The van der Waals surface area contributed by atoms with Crippen molar-refractivity contribution in [2.45, 2.75) is 30.6 Å². The van der Waals surface area contributed by atoms with E-state index in [1.807, 2.05) is 18.2 Å². The molecule has 1 amide bonds. The van der Waals surface area contributed by atoms with E-state index in [1.54, 1.807) is 21.2 Å². The Bertz CT molecular complexity index is 974. The van der Waals surface area contributed by atoms with Gasteiger partial charge in [-0.25, -0.2) is 4.98 Å². The van der Waals surface area contributed by atoms with Crippen molar-refractivity contribution in [3.05, 3.63) is 45.9 Å². The molecule has 0 N–H and O–H groups in total. The maximum atomic E-state index is 13.1. The minimum atomic E-state index is -0.239. The average Bonchev–Trinajstić information content (AvgIpc) is 3.37. The van der Waals surface area contributed by atoms with Gasteiger partial charge in [-0.15, -0.1) is 0 Å². The van der Waals surface area contributed by atoms with Crippen LogP contribution in [0.1, 0.15) is 34.8 Å². The van der Waals surface area contributed by atoms with E-state index in [0.29, 0.717) is 37.2 Å². The maximum absolute atomic E-state index is 13.1. The van der Waals surface area contributed by atoms with Crippen LogP contribution in [0.4, 0.5) is 0 Å². The van der Waals surface area contributed by atoms with Crippen molar-refractivity contribution in [3.8, 4) is 11.5 Å². The minimum Gasteiger partial charge on any atom is -0.486 e. The van der Waals surface area contributed by atoms with Crippen LogP contribution in [0.15, 0.2) is 34.3 Å². The molecule has 1 aromatic carbocycles. The van der Waals surface area contributed by atoms with Crippen LogP contribution in [0, 0.1) is 0 Å². The summed E-state index contributed by atoms with van der Waals surface area (Å²) in [6.07, 6.45) is 3.20.